The molecule has 1 saturated carbocycles. The molecule has 25 heavy (non-hydrogen) atoms. The van der Waals surface area contributed by atoms with Crippen LogP contribution in [0.3, 0.4) is 0 Å². The highest BCUT2D eigenvalue weighted by Crippen LogP contribution is 2.18. The van der Waals surface area contributed by atoms with Crippen LogP contribution in [-0.2, 0) is 14.3 Å². The van der Waals surface area contributed by atoms with Crippen LogP contribution < -0.4 is 10.6 Å². The molecule has 2 N–H and O–H groups in total. The summed E-state index contributed by atoms with van der Waals surface area (Å²) in [5.74, 6) is -0.786. The van der Waals surface area contributed by atoms with Crippen LogP contribution in [0.1, 0.15) is 62.2 Å². The second-order valence-electron chi connectivity index (χ2n) is 6.24. The Balaban J connectivity index is 1.86. The van der Waals surface area contributed by atoms with E-state index >= 15 is 0 Å². The first-order chi connectivity index (χ1) is 12.1. The summed E-state index contributed by atoms with van der Waals surface area (Å²) in [4.78, 5) is 35.5. The molecule has 0 bridgehead atoms. The van der Waals surface area contributed by atoms with Crippen molar-refractivity contribution in [3.63, 3.8) is 0 Å². The van der Waals surface area contributed by atoms with Gasteiger partial charge in [0.25, 0.3) is 5.91 Å². The summed E-state index contributed by atoms with van der Waals surface area (Å²) in [5.41, 5.74) is 1.07. The molecule has 0 unspecified atom stereocenters. The molecule has 2 rings (SSSR count). The number of benzene rings is 1. The van der Waals surface area contributed by atoms with Crippen molar-refractivity contribution in [3.05, 3.63) is 29.8 Å². The van der Waals surface area contributed by atoms with E-state index in [0.29, 0.717) is 17.9 Å². The normalized spacial score (nSPS) is 14.6. The van der Waals surface area contributed by atoms with Crippen molar-refractivity contribution >= 4 is 23.5 Å². The van der Waals surface area contributed by atoms with Gasteiger partial charge in [0.05, 0.1) is 13.0 Å². The zero-order valence-corrected chi connectivity index (χ0v) is 14.7. The molecule has 0 spiro atoms. The first-order valence-electron chi connectivity index (χ1n) is 8.95. The minimum atomic E-state index is -0.390. The molecule has 0 aromatic heterocycles. The second kappa shape index (κ2) is 9.81. The smallest absolute Gasteiger partial charge is 0.306 e. The number of amides is 2. The van der Waals surface area contributed by atoms with Crippen molar-refractivity contribution in [2.24, 2.45) is 0 Å². The van der Waals surface area contributed by atoms with E-state index in [0.717, 1.165) is 25.7 Å². The number of hydrogen-bond donors (Lipinski definition) is 2. The van der Waals surface area contributed by atoms with Gasteiger partial charge in [0.2, 0.25) is 5.91 Å². The summed E-state index contributed by atoms with van der Waals surface area (Å²) in [5, 5.41) is 5.77. The van der Waals surface area contributed by atoms with Crippen molar-refractivity contribution in [2.75, 3.05) is 11.9 Å². The molecule has 0 saturated heterocycles. The zero-order chi connectivity index (χ0) is 18.1. The molecule has 0 heterocycles. The van der Waals surface area contributed by atoms with Crippen LogP contribution in [0, 0.1) is 0 Å². The van der Waals surface area contributed by atoms with Crippen molar-refractivity contribution < 1.29 is 19.1 Å². The van der Waals surface area contributed by atoms with Crippen LogP contribution in [0.15, 0.2) is 24.3 Å². The van der Waals surface area contributed by atoms with Gasteiger partial charge in [-0.2, -0.15) is 0 Å². The fraction of sp³-hybridized carbons (Fsp3) is 0.526. The Hall–Kier alpha value is -2.37. The quantitative estimate of drug-likeness (QED) is 0.743. The van der Waals surface area contributed by atoms with Crippen molar-refractivity contribution in [1.82, 2.24) is 5.32 Å². The third-order valence-electron chi connectivity index (χ3n) is 4.21. The molecule has 0 atom stereocenters. The maximum Gasteiger partial charge on any atom is 0.306 e. The molecule has 0 aliphatic heterocycles. The van der Waals surface area contributed by atoms with Gasteiger partial charge >= 0.3 is 5.97 Å². The lowest BCUT2D eigenvalue weighted by atomic mass is 9.95. The Kier molecular flexibility index (Phi) is 7.44. The molecule has 6 nitrogen and oxygen atoms in total. The monoisotopic (exact) mass is 346 g/mol. The topological polar surface area (TPSA) is 84.5 Å². The molecular formula is C19H26N2O4. The van der Waals surface area contributed by atoms with Gasteiger partial charge in [-0.25, -0.2) is 0 Å². The minimum absolute atomic E-state index is 0.0432. The Bertz CT molecular complexity index is 609. The van der Waals surface area contributed by atoms with E-state index in [1.807, 2.05) is 0 Å². The number of esters is 1. The first kappa shape index (κ1) is 19.0. The highest BCUT2D eigenvalue weighted by molar-refractivity contribution is 5.97. The fourth-order valence-electron chi connectivity index (χ4n) is 2.93. The van der Waals surface area contributed by atoms with Crippen molar-refractivity contribution in [3.8, 4) is 0 Å². The number of rotatable bonds is 7. The van der Waals surface area contributed by atoms with Gasteiger partial charge in [0.1, 0.15) is 0 Å². The van der Waals surface area contributed by atoms with Gasteiger partial charge in [0.15, 0.2) is 0 Å². The molecule has 1 fully saturated rings. The lowest BCUT2D eigenvalue weighted by Gasteiger charge is -2.22. The summed E-state index contributed by atoms with van der Waals surface area (Å²) in [7, 11) is 0. The molecule has 1 aromatic rings. The summed E-state index contributed by atoms with van der Waals surface area (Å²) < 4.78 is 4.79. The molecule has 6 heteroatoms. The first-order valence-corrected chi connectivity index (χ1v) is 8.95. The van der Waals surface area contributed by atoms with Crippen LogP contribution in [0.4, 0.5) is 5.69 Å². The molecule has 136 valence electrons. The van der Waals surface area contributed by atoms with E-state index < -0.39 is 5.97 Å². The van der Waals surface area contributed by atoms with Crippen molar-refractivity contribution in [1.29, 1.82) is 0 Å². The summed E-state index contributed by atoms with van der Waals surface area (Å²) in [6.07, 6.45) is 5.69. The average Bonchev–Trinajstić information content (AvgIpc) is 2.61. The lowest BCUT2D eigenvalue weighted by molar-refractivity contribution is -0.144. The van der Waals surface area contributed by atoms with E-state index in [-0.39, 0.29) is 30.7 Å². The second-order valence-corrected chi connectivity index (χ2v) is 6.24. The van der Waals surface area contributed by atoms with Gasteiger partial charge in [-0.15, -0.1) is 0 Å². The summed E-state index contributed by atoms with van der Waals surface area (Å²) in [6, 6.07) is 7.08. The highest BCUT2D eigenvalue weighted by Gasteiger charge is 2.17. The van der Waals surface area contributed by atoms with Gasteiger partial charge in [-0.3, -0.25) is 14.4 Å². The third kappa shape index (κ3) is 6.57. The predicted octanol–water partition coefficient (Wildman–Crippen LogP) is 3.03. The minimum Gasteiger partial charge on any atom is -0.466 e. The number of carbonyl (C=O) groups excluding carboxylic acids is 3. The predicted molar refractivity (Wildman–Crippen MR) is 95.3 cm³/mol. The van der Waals surface area contributed by atoms with Crippen LogP contribution in [0.25, 0.3) is 0 Å². The Labute approximate surface area is 148 Å². The molecular weight excluding hydrogens is 320 g/mol. The van der Waals surface area contributed by atoms with Gasteiger partial charge in [-0.05, 0) is 38.0 Å². The highest BCUT2D eigenvalue weighted by atomic mass is 16.5. The summed E-state index contributed by atoms with van der Waals surface area (Å²) >= 11 is 0. The van der Waals surface area contributed by atoms with E-state index in [2.05, 4.69) is 10.6 Å². The maximum atomic E-state index is 12.4. The lowest BCUT2D eigenvalue weighted by Crippen LogP contribution is -2.36. The molecule has 1 aliphatic rings. The Morgan fingerprint density at radius 3 is 2.60 bits per heavy atom. The van der Waals surface area contributed by atoms with E-state index in [1.54, 1.807) is 31.2 Å². The Morgan fingerprint density at radius 2 is 1.88 bits per heavy atom. The van der Waals surface area contributed by atoms with Gasteiger partial charge in [0, 0.05) is 23.7 Å². The van der Waals surface area contributed by atoms with Crippen LogP contribution >= 0.6 is 0 Å². The molecule has 1 aromatic carbocycles. The van der Waals surface area contributed by atoms with E-state index in [9.17, 15) is 14.4 Å². The third-order valence-corrected chi connectivity index (χ3v) is 4.21. The Morgan fingerprint density at radius 1 is 1.12 bits per heavy atom. The number of nitrogens with one attached hydrogen (secondary N) is 2. The van der Waals surface area contributed by atoms with Crippen LogP contribution in [-0.4, -0.2) is 30.4 Å². The van der Waals surface area contributed by atoms with Crippen molar-refractivity contribution in [2.45, 2.75) is 57.9 Å². The number of anilines is 1. The zero-order valence-electron chi connectivity index (χ0n) is 14.7. The average molecular weight is 346 g/mol. The van der Waals surface area contributed by atoms with E-state index in [1.165, 1.54) is 6.42 Å². The number of carbonyl (C=O) groups is 3. The number of ether oxygens (including phenoxy) is 1. The standard InChI is InChI=1S/C19H26N2O4/c1-2-25-18(23)12-11-17(22)20-16-10-6-7-14(13-16)19(24)21-15-8-4-3-5-9-15/h6-7,10,13,15H,2-5,8-9,11-12H2,1H3,(H,20,22)(H,21,24). The molecule has 0 radical (unpaired) electrons. The van der Waals surface area contributed by atoms with Gasteiger partial charge in [-0.1, -0.05) is 25.3 Å². The molecule has 1 aliphatic carbocycles. The van der Waals surface area contributed by atoms with Crippen LogP contribution in [0.2, 0.25) is 0 Å². The number of hydrogen-bond acceptors (Lipinski definition) is 4. The fourth-order valence-corrected chi connectivity index (χ4v) is 2.93. The van der Waals surface area contributed by atoms with E-state index in [4.69, 9.17) is 4.74 Å². The van der Waals surface area contributed by atoms with Gasteiger partial charge < -0.3 is 15.4 Å². The SMILES string of the molecule is CCOC(=O)CCC(=O)Nc1cccc(C(=O)NC2CCCCC2)c1. The summed E-state index contributed by atoms with van der Waals surface area (Å²) in [6.45, 7) is 2.03. The molecule has 2 amide bonds. The van der Waals surface area contributed by atoms with Crippen LogP contribution in [0.5, 0.6) is 0 Å². The maximum absolute atomic E-state index is 12.4. The largest absolute Gasteiger partial charge is 0.466 e.